The van der Waals surface area contributed by atoms with Crippen molar-refractivity contribution in [1.82, 2.24) is 4.90 Å². The molecule has 1 aromatic heterocycles. The summed E-state index contributed by atoms with van der Waals surface area (Å²) in [6, 6.07) is 13.3. The summed E-state index contributed by atoms with van der Waals surface area (Å²) in [7, 11) is 0. The Balaban J connectivity index is 2.06. The Morgan fingerprint density at radius 1 is 1.25 bits per heavy atom. The van der Waals surface area contributed by atoms with Crippen LogP contribution in [0.25, 0.3) is 0 Å². The lowest BCUT2D eigenvalue weighted by molar-refractivity contribution is 0.193. The van der Waals surface area contributed by atoms with Gasteiger partial charge in [0.15, 0.2) is 4.67 Å². The van der Waals surface area contributed by atoms with Crippen LogP contribution in [-0.2, 0) is 6.54 Å². The van der Waals surface area contributed by atoms with Gasteiger partial charge in [0.1, 0.15) is 0 Å². The van der Waals surface area contributed by atoms with Crippen molar-refractivity contribution in [1.29, 1.82) is 0 Å². The van der Waals surface area contributed by atoms with Crippen molar-refractivity contribution in [2.75, 3.05) is 5.32 Å². The van der Waals surface area contributed by atoms with Crippen LogP contribution in [0.1, 0.15) is 19.4 Å². The van der Waals surface area contributed by atoms with E-state index in [0.29, 0.717) is 17.1 Å². The van der Waals surface area contributed by atoms with Crippen LogP contribution in [0.3, 0.4) is 0 Å². The van der Waals surface area contributed by atoms with E-state index >= 15 is 0 Å². The summed E-state index contributed by atoms with van der Waals surface area (Å²) in [6.07, 6.45) is 0. The van der Waals surface area contributed by atoms with Gasteiger partial charge in [-0.1, -0.05) is 30.3 Å². The van der Waals surface area contributed by atoms with Crippen molar-refractivity contribution in [3.8, 4) is 0 Å². The molecule has 0 saturated heterocycles. The molecule has 2 amide bonds. The molecule has 0 spiro atoms. The first-order valence-corrected chi connectivity index (χ1v) is 7.22. The van der Waals surface area contributed by atoms with Crippen LogP contribution in [0.15, 0.2) is 51.6 Å². The van der Waals surface area contributed by atoms with Gasteiger partial charge in [-0.25, -0.2) is 4.79 Å². The molecule has 5 heteroatoms. The average molecular weight is 337 g/mol. The van der Waals surface area contributed by atoms with E-state index in [-0.39, 0.29) is 12.1 Å². The second kappa shape index (κ2) is 6.61. The second-order valence-electron chi connectivity index (χ2n) is 4.74. The maximum Gasteiger partial charge on any atom is 0.324 e. The van der Waals surface area contributed by atoms with Gasteiger partial charge in [-0.15, -0.1) is 0 Å². The zero-order valence-electron chi connectivity index (χ0n) is 11.5. The van der Waals surface area contributed by atoms with Crippen LogP contribution in [-0.4, -0.2) is 17.0 Å². The fourth-order valence-electron chi connectivity index (χ4n) is 1.83. The Hall–Kier alpha value is -1.75. The molecule has 0 bridgehead atoms. The molecule has 0 fully saturated rings. The van der Waals surface area contributed by atoms with Gasteiger partial charge in [0.2, 0.25) is 5.88 Å². The molecule has 0 aliphatic heterocycles. The number of halogens is 1. The van der Waals surface area contributed by atoms with Gasteiger partial charge in [-0.2, -0.15) is 0 Å². The molecule has 0 aliphatic rings. The highest BCUT2D eigenvalue weighted by Crippen LogP contribution is 2.19. The van der Waals surface area contributed by atoms with Crippen molar-refractivity contribution in [3.63, 3.8) is 0 Å². The lowest BCUT2D eigenvalue weighted by atomic mass is 10.2. The standard InChI is InChI=1S/C15H17BrN2O2/c1-11(2)18(10-12-6-4-3-5-7-12)15(19)17-14-9-8-13(16)20-14/h3-9,11H,10H2,1-2H3,(H,17,19). The highest BCUT2D eigenvalue weighted by Gasteiger charge is 2.18. The highest BCUT2D eigenvalue weighted by atomic mass is 79.9. The summed E-state index contributed by atoms with van der Waals surface area (Å²) >= 11 is 3.21. The first-order valence-electron chi connectivity index (χ1n) is 6.43. The van der Waals surface area contributed by atoms with Crippen LogP contribution in [0, 0.1) is 0 Å². The van der Waals surface area contributed by atoms with Gasteiger partial charge in [0.05, 0.1) is 0 Å². The predicted molar refractivity (Wildman–Crippen MR) is 82.5 cm³/mol. The van der Waals surface area contributed by atoms with E-state index in [2.05, 4.69) is 21.2 Å². The largest absolute Gasteiger partial charge is 0.434 e. The molecule has 0 aliphatic carbocycles. The zero-order valence-corrected chi connectivity index (χ0v) is 13.1. The minimum absolute atomic E-state index is 0.0913. The van der Waals surface area contributed by atoms with Gasteiger partial charge < -0.3 is 9.32 Å². The lowest BCUT2D eigenvalue weighted by Crippen LogP contribution is -2.39. The zero-order chi connectivity index (χ0) is 14.5. The summed E-state index contributed by atoms with van der Waals surface area (Å²) in [5.74, 6) is 0.431. The molecule has 1 aromatic carbocycles. The van der Waals surface area contributed by atoms with Crippen molar-refractivity contribution >= 4 is 27.8 Å². The van der Waals surface area contributed by atoms with E-state index in [1.807, 2.05) is 44.2 Å². The number of rotatable bonds is 4. The summed E-state index contributed by atoms with van der Waals surface area (Å²) in [5.41, 5.74) is 1.09. The molecule has 0 saturated carbocycles. The topological polar surface area (TPSA) is 45.5 Å². The Bertz CT molecular complexity index is 566. The van der Waals surface area contributed by atoms with Crippen LogP contribution in [0.4, 0.5) is 10.7 Å². The van der Waals surface area contributed by atoms with Crippen molar-refractivity contribution in [2.45, 2.75) is 26.4 Å². The first kappa shape index (κ1) is 14.7. The Kier molecular flexibility index (Phi) is 4.84. The number of carbonyl (C=O) groups excluding carboxylic acids is 1. The van der Waals surface area contributed by atoms with Gasteiger partial charge in [0.25, 0.3) is 0 Å². The molecule has 1 N–H and O–H groups in total. The third-order valence-corrected chi connectivity index (χ3v) is 3.31. The molecular formula is C15H17BrN2O2. The third kappa shape index (κ3) is 3.87. The van der Waals surface area contributed by atoms with Gasteiger partial charge in [0, 0.05) is 18.7 Å². The average Bonchev–Trinajstić information content (AvgIpc) is 2.82. The van der Waals surface area contributed by atoms with E-state index in [1.54, 1.807) is 17.0 Å². The number of amides is 2. The fraction of sp³-hybridized carbons (Fsp3) is 0.267. The number of nitrogens with one attached hydrogen (secondary N) is 1. The quantitative estimate of drug-likeness (QED) is 0.894. The van der Waals surface area contributed by atoms with Crippen molar-refractivity contribution < 1.29 is 9.21 Å². The van der Waals surface area contributed by atoms with Gasteiger partial charge in [-0.05, 0) is 41.4 Å². The second-order valence-corrected chi connectivity index (χ2v) is 5.52. The molecule has 1 heterocycles. The van der Waals surface area contributed by atoms with E-state index in [4.69, 9.17) is 4.42 Å². The normalized spacial score (nSPS) is 10.6. The number of anilines is 1. The van der Waals surface area contributed by atoms with E-state index < -0.39 is 0 Å². The van der Waals surface area contributed by atoms with E-state index in [0.717, 1.165) is 5.56 Å². The summed E-state index contributed by atoms with van der Waals surface area (Å²) in [6.45, 7) is 4.54. The van der Waals surface area contributed by atoms with Crippen LogP contribution >= 0.6 is 15.9 Å². The molecule has 2 rings (SSSR count). The molecule has 0 atom stereocenters. The SMILES string of the molecule is CC(C)N(Cc1ccccc1)C(=O)Nc1ccc(Br)o1. The number of urea groups is 1. The Morgan fingerprint density at radius 2 is 1.95 bits per heavy atom. The molecular weight excluding hydrogens is 320 g/mol. The molecule has 4 nitrogen and oxygen atoms in total. The van der Waals surface area contributed by atoms with Crippen LogP contribution in [0.2, 0.25) is 0 Å². The number of furan rings is 1. The highest BCUT2D eigenvalue weighted by molar-refractivity contribution is 9.10. The monoisotopic (exact) mass is 336 g/mol. The van der Waals surface area contributed by atoms with Crippen molar-refractivity contribution in [2.24, 2.45) is 0 Å². The Morgan fingerprint density at radius 3 is 2.50 bits per heavy atom. The molecule has 0 unspecified atom stereocenters. The van der Waals surface area contributed by atoms with Crippen molar-refractivity contribution in [3.05, 3.63) is 52.7 Å². The molecule has 0 radical (unpaired) electrons. The summed E-state index contributed by atoms with van der Waals surface area (Å²) in [4.78, 5) is 14.1. The van der Waals surface area contributed by atoms with E-state index in [9.17, 15) is 4.79 Å². The molecule has 2 aromatic rings. The minimum Gasteiger partial charge on any atom is -0.434 e. The lowest BCUT2D eigenvalue weighted by Gasteiger charge is -2.26. The van der Waals surface area contributed by atoms with E-state index in [1.165, 1.54) is 0 Å². The van der Waals surface area contributed by atoms with Gasteiger partial charge >= 0.3 is 6.03 Å². The maximum atomic E-state index is 12.3. The summed E-state index contributed by atoms with van der Waals surface area (Å²) in [5, 5.41) is 2.75. The number of hydrogen-bond donors (Lipinski definition) is 1. The Labute approximate surface area is 126 Å². The summed E-state index contributed by atoms with van der Waals surface area (Å²) < 4.78 is 5.88. The predicted octanol–water partition coefficient (Wildman–Crippen LogP) is 4.48. The van der Waals surface area contributed by atoms with Gasteiger partial charge in [-0.3, -0.25) is 5.32 Å². The smallest absolute Gasteiger partial charge is 0.324 e. The molecule has 20 heavy (non-hydrogen) atoms. The number of carbonyl (C=O) groups is 1. The molecule has 106 valence electrons. The van der Waals surface area contributed by atoms with Crippen LogP contribution in [0.5, 0.6) is 0 Å². The third-order valence-electron chi connectivity index (χ3n) is 2.88. The number of nitrogens with zero attached hydrogens (tertiary/aromatic N) is 1. The first-order chi connectivity index (χ1) is 9.56. The minimum atomic E-state index is -0.175. The fourth-order valence-corrected chi connectivity index (χ4v) is 2.13. The number of hydrogen-bond acceptors (Lipinski definition) is 2. The number of benzene rings is 1. The van der Waals surface area contributed by atoms with Crippen LogP contribution < -0.4 is 5.32 Å². The maximum absolute atomic E-state index is 12.3.